The molecule has 2 rings (SSSR count). The number of furan rings is 1. The van der Waals surface area contributed by atoms with Crippen LogP contribution in [0.2, 0.25) is 5.02 Å². The number of rotatable bonds is 8. The predicted molar refractivity (Wildman–Crippen MR) is 98.6 cm³/mol. The highest BCUT2D eigenvalue weighted by molar-refractivity contribution is 6.31. The predicted octanol–water partition coefficient (Wildman–Crippen LogP) is 5.23. The third-order valence-corrected chi connectivity index (χ3v) is 3.77. The third kappa shape index (κ3) is 6.56. The molecule has 5 heteroatoms. The molecule has 0 bridgehead atoms. The Kier molecular flexibility index (Phi) is 8.71. The van der Waals surface area contributed by atoms with Gasteiger partial charge >= 0.3 is 0 Å². The molecule has 0 unspecified atom stereocenters. The topological polar surface area (TPSA) is 34.4 Å². The average molecular weight is 358 g/mol. The molecule has 0 saturated heterocycles. The van der Waals surface area contributed by atoms with E-state index < -0.39 is 0 Å². The molecular weight excluding hydrogens is 333 g/mol. The normalized spacial score (nSPS) is 10.8. The van der Waals surface area contributed by atoms with Crippen LogP contribution in [0.15, 0.2) is 34.7 Å². The standard InChI is InChI=1S/C18H24ClNO2.ClH/c1-13(2)21-10-4-9-20-12-16-7-8-18(22-16)15-6-5-14(3)17(19)11-15;/h5-8,11,13,20H,4,9-10,12H2,1-3H3;1H. The molecule has 128 valence electrons. The maximum atomic E-state index is 6.16. The highest BCUT2D eigenvalue weighted by Gasteiger charge is 2.06. The Balaban J connectivity index is 0.00000264. The maximum absolute atomic E-state index is 6.16. The number of ether oxygens (including phenoxy) is 1. The van der Waals surface area contributed by atoms with Gasteiger partial charge in [-0.1, -0.05) is 23.7 Å². The quantitative estimate of drug-likeness (QED) is 0.656. The fourth-order valence-electron chi connectivity index (χ4n) is 2.10. The number of nitrogens with one attached hydrogen (secondary N) is 1. The Hall–Kier alpha value is -1.00. The van der Waals surface area contributed by atoms with Gasteiger partial charge in [0.2, 0.25) is 0 Å². The zero-order valence-corrected chi connectivity index (χ0v) is 15.5. The van der Waals surface area contributed by atoms with E-state index in [1.807, 2.05) is 37.3 Å². The van der Waals surface area contributed by atoms with Crippen molar-refractivity contribution in [1.82, 2.24) is 5.32 Å². The summed E-state index contributed by atoms with van der Waals surface area (Å²) in [7, 11) is 0. The second-order valence-electron chi connectivity index (χ2n) is 5.68. The summed E-state index contributed by atoms with van der Waals surface area (Å²) in [5, 5.41) is 4.12. The first-order valence-corrected chi connectivity index (χ1v) is 8.11. The first-order valence-electron chi connectivity index (χ1n) is 7.74. The molecule has 0 fully saturated rings. The molecule has 1 aromatic heterocycles. The van der Waals surface area contributed by atoms with Gasteiger partial charge in [-0.15, -0.1) is 12.4 Å². The van der Waals surface area contributed by atoms with Gasteiger partial charge in [0.25, 0.3) is 0 Å². The van der Waals surface area contributed by atoms with E-state index in [1.165, 1.54) is 0 Å². The van der Waals surface area contributed by atoms with Crippen LogP contribution in [0.5, 0.6) is 0 Å². The molecule has 0 aliphatic rings. The van der Waals surface area contributed by atoms with Gasteiger partial charge in [-0.05, 0) is 57.5 Å². The Morgan fingerprint density at radius 1 is 1.22 bits per heavy atom. The van der Waals surface area contributed by atoms with Crippen molar-refractivity contribution in [3.05, 3.63) is 46.7 Å². The summed E-state index contributed by atoms with van der Waals surface area (Å²) >= 11 is 6.16. The molecule has 1 aromatic carbocycles. The summed E-state index contributed by atoms with van der Waals surface area (Å²) in [5.41, 5.74) is 2.08. The van der Waals surface area contributed by atoms with Crippen LogP contribution < -0.4 is 5.32 Å². The molecule has 23 heavy (non-hydrogen) atoms. The van der Waals surface area contributed by atoms with Crippen molar-refractivity contribution in [2.45, 2.75) is 39.8 Å². The van der Waals surface area contributed by atoms with Crippen LogP contribution in [0.3, 0.4) is 0 Å². The summed E-state index contributed by atoms with van der Waals surface area (Å²) < 4.78 is 11.4. The minimum Gasteiger partial charge on any atom is -0.460 e. The monoisotopic (exact) mass is 357 g/mol. The lowest BCUT2D eigenvalue weighted by Gasteiger charge is -2.07. The molecule has 0 aliphatic carbocycles. The van der Waals surface area contributed by atoms with E-state index in [1.54, 1.807) is 0 Å². The lowest BCUT2D eigenvalue weighted by atomic mass is 10.1. The van der Waals surface area contributed by atoms with Gasteiger partial charge in [-0.2, -0.15) is 0 Å². The zero-order valence-electron chi connectivity index (χ0n) is 13.9. The molecule has 1 heterocycles. The molecule has 1 N–H and O–H groups in total. The molecule has 0 aliphatic heterocycles. The van der Waals surface area contributed by atoms with Gasteiger partial charge in [0, 0.05) is 17.2 Å². The smallest absolute Gasteiger partial charge is 0.134 e. The van der Waals surface area contributed by atoms with Crippen LogP contribution in [0.1, 0.15) is 31.6 Å². The lowest BCUT2D eigenvalue weighted by Crippen LogP contribution is -2.17. The SMILES string of the molecule is Cc1ccc(-c2ccc(CNCCCOC(C)C)o2)cc1Cl.Cl. The van der Waals surface area contributed by atoms with Crippen LogP contribution in [0.25, 0.3) is 11.3 Å². The highest BCUT2D eigenvalue weighted by atomic mass is 35.5. The largest absolute Gasteiger partial charge is 0.460 e. The molecule has 3 nitrogen and oxygen atoms in total. The minimum absolute atomic E-state index is 0. The van der Waals surface area contributed by atoms with Crippen molar-refractivity contribution in [3.63, 3.8) is 0 Å². The zero-order chi connectivity index (χ0) is 15.9. The molecule has 0 spiro atoms. The average Bonchev–Trinajstić information content (AvgIpc) is 2.94. The Morgan fingerprint density at radius 2 is 2.00 bits per heavy atom. The number of hydrogen-bond donors (Lipinski definition) is 1. The first-order chi connectivity index (χ1) is 10.6. The van der Waals surface area contributed by atoms with E-state index >= 15 is 0 Å². The first kappa shape index (κ1) is 20.0. The van der Waals surface area contributed by atoms with Crippen molar-refractivity contribution in [3.8, 4) is 11.3 Å². The van der Waals surface area contributed by atoms with Crippen molar-refractivity contribution in [1.29, 1.82) is 0 Å². The number of aryl methyl sites for hydroxylation is 1. The highest BCUT2D eigenvalue weighted by Crippen LogP contribution is 2.26. The van der Waals surface area contributed by atoms with Crippen molar-refractivity contribution < 1.29 is 9.15 Å². The van der Waals surface area contributed by atoms with Gasteiger partial charge in [-0.25, -0.2) is 0 Å². The van der Waals surface area contributed by atoms with Crippen LogP contribution in [0, 0.1) is 6.92 Å². The van der Waals surface area contributed by atoms with E-state index in [0.717, 1.165) is 53.8 Å². The summed E-state index contributed by atoms with van der Waals surface area (Å²) in [6, 6.07) is 9.96. The second-order valence-corrected chi connectivity index (χ2v) is 6.09. The summed E-state index contributed by atoms with van der Waals surface area (Å²) in [5.74, 6) is 1.78. The van der Waals surface area contributed by atoms with Gasteiger partial charge in [-0.3, -0.25) is 0 Å². The summed E-state index contributed by atoms with van der Waals surface area (Å²) in [6.45, 7) is 8.52. The summed E-state index contributed by atoms with van der Waals surface area (Å²) in [6.07, 6.45) is 1.30. The number of hydrogen-bond acceptors (Lipinski definition) is 3. The molecule has 0 atom stereocenters. The fraction of sp³-hybridized carbons (Fsp3) is 0.444. The number of halogens is 2. The van der Waals surface area contributed by atoms with Gasteiger partial charge in [0.15, 0.2) is 0 Å². The van der Waals surface area contributed by atoms with E-state index in [9.17, 15) is 0 Å². The van der Waals surface area contributed by atoms with Gasteiger partial charge in [0.05, 0.1) is 12.6 Å². The molecule has 0 radical (unpaired) electrons. The van der Waals surface area contributed by atoms with Crippen LogP contribution >= 0.6 is 24.0 Å². The van der Waals surface area contributed by atoms with Crippen LogP contribution in [-0.2, 0) is 11.3 Å². The van der Waals surface area contributed by atoms with Crippen LogP contribution in [0.4, 0.5) is 0 Å². The maximum Gasteiger partial charge on any atom is 0.134 e. The van der Waals surface area contributed by atoms with Crippen molar-refractivity contribution in [2.24, 2.45) is 0 Å². The number of benzene rings is 1. The van der Waals surface area contributed by atoms with Gasteiger partial charge in [0.1, 0.15) is 11.5 Å². The van der Waals surface area contributed by atoms with Crippen molar-refractivity contribution >= 4 is 24.0 Å². The Bertz CT molecular complexity index is 596. The Morgan fingerprint density at radius 3 is 2.70 bits per heavy atom. The van der Waals surface area contributed by atoms with E-state index in [-0.39, 0.29) is 12.4 Å². The van der Waals surface area contributed by atoms with Crippen LogP contribution in [-0.4, -0.2) is 19.3 Å². The fourth-order valence-corrected chi connectivity index (χ4v) is 2.28. The molecular formula is C18H25Cl2NO2. The third-order valence-electron chi connectivity index (χ3n) is 3.37. The second kappa shape index (κ2) is 9.99. The Labute approximate surface area is 149 Å². The minimum atomic E-state index is 0. The molecule has 0 amide bonds. The lowest BCUT2D eigenvalue weighted by molar-refractivity contribution is 0.0770. The van der Waals surface area contributed by atoms with E-state index in [0.29, 0.717) is 6.10 Å². The summed E-state index contributed by atoms with van der Waals surface area (Å²) in [4.78, 5) is 0. The van der Waals surface area contributed by atoms with E-state index in [2.05, 4.69) is 19.2 Å². The van der Waals surface area contributed by atoms with Gasteiger partial charge < -0.3 is 14.5 Å². The molecule has 0 saturated carbocycles. The van der Waals surface area contributed by atoms with Crippen molar-refractivity contribution in [2.75, 3.05) is 13.2 Å². The van der Waals surface area contributed by atoms with E-state index in [4.69, 9.17) is 20.8 Å². The molecule has 2 aromatic rings.